The molecule has 0 aliphatic heterocycles. The summed E-state index contributed by atoms with van der Waals surface area (Å²) < 4.78 is 47.6. The largest absolute Gasteiger partial charge is 0.502 e. The van der Waals surface area contributed by atoms with Gasteiger partial charge < -0.3 is 9.47 Å². The molecular weight excluding hydrogens is 237 g/mol. The zero-order valence-electron chi connectivity index (χ0n) is 9.30. The first-order chi connectivity index (χ1) is 7.86. The molecule has 1 aromatic carbocycles. The highest BCUT2D eigenvalue weighted by Gasteiger charge is 2.44. The third-order valence-electron chi connectivity index (χ3n) is 1.84. The number of esters is 1. The zero-order valence-corrected chi connectivity index (χ0v) is 9.30. The molecule has 0 bridgehead atoms. The van der Waals surface area contributed by atoms with E-state index in [1.807, 2.05) is 0 Å². The zero-order chi connectivity index (χ0) is 13.1. The van der Waals surface area contributed by atoms with Crippen molar-refractivity contribution >= 4 is 5.97 Å². The first-order valence-electron chi connectivity index (χ1n) is 4.87. The highest BCUT2D eigenvalue weighted by atomic mass is 19.3. The molecule has 0 heterocycles. The van der Waals surface area contributed by atoms with Crippen LogP contribution in [0.4, 0.5) is 13.2 Å². The second kappa shape index (κ2) is 5.07. The fourth-order valence-corrected chi connectivity index (χ4v) is 1.08. The van der Waals surface area contributed by atoms with Gasteiger partial charge in [-0.25, -0.2) is 9.18 Å². The monoisotopic (exact) mass is 248 g/mol. The van der Waals surface area contributed by atoms with Gasteiger partial charge in [0.2, 0.25) is 0 Å². The van der Waals surface area contributed by atoms with Crippen molar-refractivity contribution in [3.63, 3.8) is 0 Å². The molecule has 0 spiro atoms. The van der Waals surface area contributed by atoms with Gasteiger partial charge in [-0.15, -0.1) is 0 Å². The molecule has 0 saturated heterocycles. The summed E-state index contributed by atoms with van der Waals surface area (Å²) in [5.41, 5.74) is 0.529. The molecule has 0 N–H and O–H groups in total. The van der Waals surface area contributed by atoms with E-state index in [-0.39, 0.29) is 6.61 Å². The van der Waals surface area contributed by atoms with Crippen molar-refractivity contribution < 1.29 is 27.4 Å². The van der Waals surface area contributed by atoms with Crippen LogP contribution in [0.2, 0.25) is 0 Å². The molecule has 0 aromatic heterocycles. The van der Waals surface area contributed by atoms with E-state index in [1.165, 1.54) is 13.0 Å². The van der Waals surface area contributed by atoms with Crippen molar-refractivity contribution in [2.75, 3.05) is 6.61 Å². The van der Waals surface area contributed by atoms with Crippen molar-refractivity contribution in [3.8, 4) is 5.75 Å². The van der Waals surface area contributed by atoms with Gasteiger partial charge in [0.05, 0.1) is 6.61 Å². The van der Waals surface area contributed by atoms with Gasteiger partial charge in [0.15, 0.2) is 11.6 Å². The normalized spacial score (nSPS) is 11.1. The van der Waals surface area contributed by atoms with Gasteiger partial charge in [0.1, 0.15) is 0 Å². The van der Waals surface area contributed by atoms with Crippen molar-refractivity contribution in [2.45, 2.75) is 20.0 Å². The average molecular weight is 248 g/mol. The van der Waals surface area contributed by atoms with Crippen molar-refractivity contribution in [1.82, 2.24) is 0 Å². The Morgan fingerprint density at radius 1 is 1.41 bits per heavy atom. The number of alkyl halides is 2. The van der Waals surface area contributed by atoms with Gasteiger partial charge in [0, 0.05) is 0 Å². The Hall–Kier alpha value is -1.72. The molecule has 0 fully saturated rings. The van der Waals surface area contributed by atoms with E-state index in [4.69, 9.17) is 0 Å². The van der Waals surface area contributed by atoms with E-state index in [9.17, 15) is 18.0 Å². The first-order valence-corrected chi connectivity index (χ1v) is 4.87. The van der Waals surface area contributed by atoms with E-state index < -0.39 is 23.6 Å². The lowest BCUT2D eigenvalue weighted by molar-refractivity contribution is -0.217. The topological polar surface area (TPSA) is 35.5 Å². The molecule has 0 aliphatic carbocycles. The molecule has 0 unspecified atom stereocenters. The van der Waals surface area contributed by atoms with Crippen molar-refractivity contribution in [1.29, 1.82) is 0 Å². The van der Waals surface area contributed by atoms with Crippen LogP contribution < -0.4 is 4.74 Å². The smallest absolute Gasteiger partial charge is 0.459 e. The van der Waals surface area contributed by atoms with Gasteiger partial charge in [0.25, 0.3) is 0 Å². The highest BCUT2D eigenvalue weighted by Crippen LogP contribution is 2.26. The molecule has 6 heteroatoms. The summed E-state index contributed by atoms with van der Waals surface area (Å²) in [5, 5.41) is 0. The van der Waals surface area contributed by atoms with Crippen LogP contribution >= 0.6 is 0 Å². The Balaban J connectivity index is 2.89. The van der Waals surface area contributed by atoms with Crippen LogP contribution in [0.1, 0.15) is 12.5 Å². The number of halogens is 3. The molecule has 17 heavy (non-hydrogen) atoms. The maximum absolute atomic E-state index is 13.1. The van der Waals surface area contributed by atoms with Gasteiger partial charge in [-0.3, -0.25) is 0 Å². The summed E-state index contributed by atoms with van der Waals surface area (Å²) in [6, 6.07) is 3.44. The van der Waals surface area contributed by atoms with Gasteiger partial charge in [-0.05, 0) is 31.5 Å². The first kappa shape index (κ1) is 13.3. The van der Waals surface area contributed by atoms with Crippen LogP contribution in [0.3, 0.4) is 0 Å². The van der Waals surface area contributed by atoms with Crippen LogP contribution in [-0.2, 0) is 9.53 Å². The average Bonchev–Trinajstić information content (AvgIpc) is 2.23. The number of benzene rings is 1. The lowest BCUT2D eigenvalue weighted by Crippen LogP contribution is -2.37. The fourth-order valence-electron chi connectivity index (χ4n) is 1.08. The van der Waals surface area contributed by atoms with Crippen LogP contribution in [0.15, 0.2) is 18.2 Å². The molecule has 0 amide bonds. The number of hydrogen-bond acceptors (Lipinski definition) is 3. The van der Waals surface area contributed by atoms with E-state index >= 15 is 0 Å². The Morgan fingerprint density at radius 2 is 2.06 bits per heavy atom. The molecule has 0 aliphatic rings. The van der Waals surface area contributed by atoms with Gasteiger partial charge in [-0.2, -0.15) is 8.78 Å². The maximum Gasteiger partial charge on any atom is 0.502 e. The Bertz CT molecular complexity index is 418. The van der Waals surface area contributed by atoms with Crippen molar-refractivity contribution in [3.05, 3.63) is 29.6 Å². The summed E-state index contributed by atoms with van der Waals surface area (Å²) in [6.07, 6.45) is -4.20. The second-order valence-corrected chi connectivity index (χ2v) is 3.27. The minimum atomic E-state index is -4.20. The summed E-state index contributed by atoms with van der Waals surface area (Å²) in [6.45, 7) is 2.74. The summed E-state index contributed by atoms with van der Waals surface area (Å²) in [4.78, 5) is 10.8. The molecule has 94 valence electrons. The standard InChI is InChI=1S/C11H11F3O3/c1-3-16-10(15)11(13,14)17-9-6-7(2)4-5-8(9)12/h4-6H,3H2,1-2H3. The molecule has 1 aromatic rings. The number of rotatable bonds is 4. The number of carbonyl (C=O) groups is 1. The number of ether oxygens (including phenoxy) is 2. The molecule has 0 radical (unpaired) electrons. The van der Waals surface area contributed by atoms with E-state index in [0.29, 0.717) is 5.56 Å². The third-order valence-corrected chi connectivity index (χ3v) is 1.84. The van der Waals surface area contributed by atoms with Crippen LogP contribution in [-0.4, -0.2) is 18.7 Å². The van der Waals surface area contributed by atoms with Crippen LogP contribution in [0, 0.1) is 12.7 Å². The lowest BCUT2D eigenvalue weighted by atomic mass is 10.2. The SMILES string of the molecule is CCOC(=O)C(F)(F)Oc1cc(C)ccc1F. The van der Waals surface area contributed by atoms with Crippen molar-refractivity contribution in [2.24, 2.45) is 0 Å². The van der Waals surface area contributed by atoms with E-state index in [1.54, 1.807) is 6.92 Å². The Kier molecular flexibility index (Phi) is 3.98. The number of carbonyl (C=O) groups excluding carboxylic acids is 1. The number of hydrogen-bond donors (Lipinski definition) is 0. The molecule has 0 saturated carbocycles. The minimum Gasteiger partial charge on any atom is -0.459 e. The van der Waals surface area contributed by atoms with E-state index in [2.05, 4.69) is 9.47 Å². The Labute approximate surface area is 96.1 Å². The quantitative estimate of drug-likeness (QED) is 0.768. The third kappa shape index (κ3) is 3.37. The van der Waals surface area contributed by atoms with Crippen LogP contribution in [0.5, 0.6) is 5.75 Å². The highest BCUT2D eigenvalue weighted by molar-refractivity contribution is 5.76. The summed E-state index contributed by atoms with van der Waals surface area (Å²) in [5.74, 6) is -3.51. The van der Waals surface area contributed by atoms with E-state index in [0.717, 1.165) is 12.1 Å². The predicted octanol–water partition coefficient (Wildman–Crippen LogP) is 2.67. The number of aryl methyl sites for hydroxylation is 1. The second-order valence-electron chi connectivity index (χ2n) is 3.27. The Morgan fingerprint density at radius 3 is 2.65 bits per heavy atom. The molecule has 1 rings (SSSR count). The molecule has 3 nitrogen and oxygen atoms in total. The molecular formula is C11H11F3O3. The van der Waals surface area contributed by atoms with Gasteiger partial charge in [-0.1, -0.05) is 6.07 Å². The minimum absolute atomic E-state index is 0.214. The summed E-state index contributed by atoms with van der Waals surface area (Å²) >= 11 is 0. The lowest BCUT2D eigenvalue weighted by Gasteiger charge is -2.16. The molecule has 0 atom stereocenters. The van der Waals surface area contributed by atoms with Gasteiger partial charge >= 0.3 is 12.1 Å². The fraction of sp³-hybridized carbons (Fsp3) is 0.364. The maximum atomic E-state index is 13.1. The summed E-state index contributed by atoms with van der Waals surface area (Å²) in [7, 11) is 0. The predicted molar refractivity (Wildman–Crippen MR) is 53.3 cm³/mol. The van der Waals surface area contributed by atoms with Crippen LogP contribution in [0.25, 0.3) is 0 Å².